The van der Waals surface area contributed by atoms with Gasteiger partial charge in [0.25, 0.3) is 0 Å². The van der Waals surface area contributed by atoms with Crippen LogP contribution in [0.1, 0.15) is 21.2 Å². The molecule has 5 heteroatoms. The molecule has 0 aliphatic carbocycles. The molecule has 17 heavy (non-hydrogen) atoms. The number of benzene rings is 1. The molecule has 2 unspecified atom stereocenters. The first-order valence-corrected chi connectivity index (χ1v) is 5.84. The number of thioether (sulfide) groups is 1. The summed E-state index contributed by atoms with van der Waals surface area (Å²) in [6.07, 6.45) is 0. The van der Waals surface area contributed by atoms with Crippen molar-refractivity contribution in [2.45, 2.75) is 5.25 Å². The Balaban J connectivity index is 2.40. The van der Waals surface area contributed by atoms with Crippen LogP contribution in [0.5, 0.6) is 0 Å². The highest BCUT2D eigenvalue weighted by Crippen LogP contribution is 2.46. The fraction of sp³-hybridized carbons (Fsp3) is 0.250. The van der Waals surface area contributed by atoms with Crippen molar-refractivity contribution in [1.29, 1.82) is 5.26 Å². The van der Waals surface area contributed by atoms with E-state index in [1.54, 1.807) is 24.3 Å². The number of nitrogens with zero attached hydrogens (tertiary/aromatic N) is 1. The van der Waals surface area contributed by atoms with Crippen molar-refractivity contribution in [3.63, 3.8) is 0 Å². The minimum Gasteiger partial charge on any atom is -0.468 e. The Labute approximate surface area is 103 Å². The summed E-state index contributed by atoms with van der Waals surface area (Å²) < 4.78 is 4.58. The number of fused-ring (bicyclic) bond motifs is 1. The zero-order chi connectivity index (χ0) is 12.4. The number of hydrogen-bond acceptors (Lipinski definition) is 5. The van der Waals surface area contributed by atoms with E-state index < -0.39 is 17.1 Å². The SMILES string of the molecule is COC(=O)C(C#N)C1SC(=O)c2ccccc21. The molecule has 1 heterocycles. The largest absolute Gasteiger partial charge is 0.468 e. The molecule has 0 saturated carbocycles. The lowest BCUT2D eigenvalue weighted by Gasteiger charge is -2.13. The van der Waals surface area contributed by atoms with E-state index >= 15 is 0 Å². The van der Waals surface area contributed by atoms with E-state index in [0.717, 1.165) is 17.3 Å². The molecule has 1 aliphatic rings. The standard InChI is InChI=1S/C12H9NO3S/c1-16-11(14)9(6-13)10-7-4-2-3-5-8(7)12(15)17-10/h2-5,9-10H,1H3. The van der Waals surface area contributed by atoms with Crippen molar-refractivity contribution in [2.75, 3.05) is 7.11 Å². The van der Waals surface area contributed by atoms with Crippen molar-refractivity contribution in [3.8, 4) is 6.07 Å². The molecule has 0 N–H and O–H groups in total. The smallest absolute Gasteiger partial charge is 0.324 e. The van der Waals surface area contributed by atoms with Crippen LogP contribution in [0, 0.1) is 17.2 Å². The van der Waals surface area contributed by atoms with Crippen LogP contribution in [0.4, 0.5) is 0 Å². The van der Waals surface area contributed by atoms with Crippen LogP contribution in [0.3, 0.4) is 0 Å². The second-order valence-electron chi connectivity index (χ2n) is 3.54. The van der Waals surface area contributed by atoms with Crippen LogP contribution in [0.15, 0.2) is 24.3 Å². The van der Waals surface area contributed by atoms with Crippen LogP contribution >= 0.6 is 11.8 Å². The number of hydrogen-bond donors (Lipinski definition) is 0. The summed E-state index contributed by atoms with van der Waals surface area (Å²) in [7, 11) is 1.24. The number of nitriles is 1. The van der Waals surface area contributed by atoms with Crippen molar-refractivity contribution in [1.82, 2.24) is 0 Å². The van der Waals surface area contributed by atoms with E-state index in [2.05, 4.69) is 4.74 Å². The number of esters is 1. The number of carbonyl (C=O) groups is 2. The molecule has 1 aromatic carbocycles. The first-order chi connectivity index (χ1) is 8.19. The Morgan fingerprint density at radius 2 is 2.24 bits per heavy atom. The average molecular weight is 247 g/mol. The van der Waals surface area contributed by atoms with Crippen LogP contribution in [-0.2, 0) is 9.53 Å². The van der Waals surface area contributed by atoms with E-state index in [0.29, 0.717) is 5.56 Å². The normalized spacial score (nSPS) is 19.3. The van der Waals surface area contributed by atoms with Gasteiger partial charge in [-0.15, -0.1) is 0 Å². The van der Waals surface area contributed by atoms with Crippen molar-refractivity contribution >= 4 is 22.8 Å². The van der Waals surface area contributed by atoms with Gasteiger partial charge in [-0.3, -0.25) is 9.59 Å². The molecule has 2 rings (SSSR count). The van der Waals surface area contributed by atoms with Crippen LogP contribution in [-0.4, -0.2) is 18.2 Å². The summed E-state index contributed by atoms with van der Waals surface area (Å²) >= 11 is 1.01. The van der Waals surface area contributed by atoms with Gasteiger partial charge in [-0.25, -0.2) is 0 Å². The third-order valence-electron chi connectivity index (χ3n) is 2.62. The lowest BCUT2D eigenvalue weighted by molar-refractivity contribution is -0.143. The van der Waals surface area contributed by atoms with Gasteiger partial charge in [0.05, 0.1) is 18.4 Å². The highest BCUT2D eigenvalue weighted by Gasteiger charge is 2.39. The van der Waals surface area contributed by atoms with E-state index in [1.807, 2.05) is 6.07 Å². The van der Waals surface area contributed by atoms with Gasteiger partial charge in [0.2, 0.25) is 5.12 Å². The molecule has 0 aromatic heterocycles. The maximum absolute atomic E-state index is 11.7. The number of rotatable bonds is 2. The molecule has 1 aliphatic heterocycles. The third kappa shape index (κ3) is 1.92. The van der Waals surface area contributed by atoms with Gasteiger partial charge in [-0.1, -0.05) is 36.0 Å². The third-order valence-corrected chi connectivity index (χ3v) is 3.83. The monoisotopic (exact) mass is 247 g/mol. The Bertz CT molecular complexity index is 521. The molecule has 0 bridgehead atoms. The average Bonchev–Trinajstić information content (AvgIpc) is 2.68. The Morgan fingerprint density at radius 3 is 2.88 bits per heavy atom. The van der Waals surface area contributed by atoms with Gasteiger partial charge in [-0.2, -0.15) is 5.26 Å². The zero-order valence-electron chi connectivity index (χ0n) is 9.04. The molecule has 0 radical (unpaired) electrons. The molecule has 1 aromatic rings. The fourth-order valence-electron chi connectivity index (χ4n) is 1.79. The minimum absolute atomic E-state index is 0.102. The van der Waals surface area contributed by atoms with Gasteiger partial charge in [0, 0.05) is 5.56 Å². The fourth-order valence-corrected chi connectivity index (χ4v) is 2.98. The molecule has 0 spiro atoms. The molecule has 86 valence electrons. The van der Waals surface area contributed by atoms with Crippen LogP contribution in [0.2, 0.25) is 0 Å². The van der Waals surface area contributed by atoms with Gasteiger partial charge in [0.1, 0.15) is 0 Å². The number of methoxy groups -OCH3 is 1. The molecule has 2 atom stereocenters. The maximum Gasteiger partial charge on any atom is 0.324 e. The predicted octanol–water partition coefficient (Wildman–Crippen LogP) is 1.93. The maximum atomic E-state index is 11.7. The van der Waals surface area contributed by atoms with E-state index in [-0.39, 0.29) is 5.12 Å². The molecule has 4 nitrogen and oxygen atoms in total. The Morgan fingerprint density at radius 1 is 1.53 bits per heavy atom. The van der Waals surface area contributed by atoms with Gasteiger partial charge in [-0.05, 0) is 5.56 Å². The molecular weight excluding hydrogens is 238 g/mol. The summed E-state index contributed by atoms with van der Waals surface area (Å²) in [5, 5.41) is 8.46. The summed E-state index contributed by atoms with van der Waals surface area (Å²) in [4.78, 5) is 23.2. The van der Waals surface area contributed by atoms with Gasteiger partial charge < -0.3 is 4.74 Å². The number of carbonyl (C=O) groups excluding carboxylic acids is 2. The topological polar surface area (TPSA) is 67.2 Å². The Kier molecular flexibility index (Phi) is 3.16. The summed E-state index contributed by atoms with van der Waals surface area (Å²) in [6.45, 7) is 0. The van der Waals surface area contributed by atoms with Crippen molar-refractivity contribution in [2.24, 2.45) is 5.92 Å². The summed E-state index contributed by atoms with van der Waals surface area (Å²) in [5.74, 6) is -1.55. The van der Waals surface area contributed by atoms with E-state index in [4.69, 9.17) is 5.26 Å². The van der Waals surface area contributed by atoms with Gasteiger partial charge >= 0.3 is 5.97 Å². The van der Waals surface area contributed by atoms with E-state index in [9.17, 15) is 9.59 Å². The lowest BCUT2D eigenvalue weighted by atomic mass is 9.97. The first-order valence-electron chi connectivity index (χ1n) is 4.96. The quantitative estimate of drug-likeness (QED) is 0.747. The van der Waals surface area contributed by atoms with Crippen molar-refractivity contribution < 1.29 is 14.3 Å². The molecule has 0 amide bonds. The lowest BCUT2D eigenvalue weighted by Crippen LogP contribution is -2.19. The Hall–Kier alpha value is -1.80. The molecule has 0 saturated heterocycles. The summed E-state index contributed by atoms with van der Waals surface area (Å²) in [6, 6.07) is 8.93. The predicted molar refractivity (Wildman–Crippen MR) is 62.2 cm³/mol. The van der Waals surface area contributed by atoms with Gasteiger partial charge in [0.15, 0.2) is 5.92 Å². The number of ether oxygens (including phenoxy) is 1. The second-order valence-corrected chi connectivity index (χ2v) is 4.66. The molecule has 0 fully saturated rings. The van der Waals surface area contributed by atoms with E-state index in [1.165, 1.54) is 7.11 Å². The van der Waals surface area contributed by atoms with Crippen LogP contribution < -0.4 is 0 Å². The summed E-state index contributed by atoms with van der Waals surface area (Å²) in [5.41, 5.74) is 1.31. The second kappa shape index (κ2) is 4.60. The zero-order valence-corrected chi connectivity index (χ0v) is 9.86. The first kappa shape index (κ1) is 11.7. The highest BCUT2D eigenvalue weighted by atomic mass is 32.2. The van der Waals surface area contributed by atoms with Crippen molar-refractivity contribution in [3.05, 3.63) is 35.4 Å². The highest BCUT2D eigenvalue weighted by molar-refractivity contribution is 8.14. The molecular formula is C12H9NO3S. The van der Waals surface area contributed by atoms with Crippen LogP contribution in [0.25, 0.3) is 0 Å². The minimum atomic E-state index is -0.947.